The fourth-order valence-corrected chi connectivity index (χ4v) is 5.82. The van der Waals surface area contributed by atoms with Gasteiger partial charge in [-0.15, -0.1) is 0 Å². The van der Waals surface area contributed by atoms with E-state index in [9.17, 15) is 0 Å². The van der Waals surface area contributed by atoms with Gasteiger partial charge in [0.25, 0.3) is 5.82 Å². The number of nitrogens with one attached hydrogen (secondary N) is 1. The molecule has 0 spiro atoms. The monoisotopic (exact) mass is 509 g/mol. The minimum Gasteiger partial charge on any atom is -0.247 e. The lowest BCUT2D eigenvalue weighted by Crippen LogP contribution is -2.38. The van der Waals surface area contributed by atoms with Crippen LogP contribution in [0.3, 0.4) is 0 Å². The molecule has 210 valence electrons. The molecule has 0 aliphatic carbocycles. The van der Waals surface area contributed by atoms with Gasteiger partial charge in [-0.3, -0.25) is 0 Å². The molecule has 1 N–H and O–H groups in total. The van der Waals surface area contributed by atoms with Crippen molar-refractivity contribution in [1.29, 1.82) is 0 Å². The Hall–Kier alpha value is -1.57. The third kappa shape index (κ3) is 15.4. The second-order valence-electron chi connectivity index (χ2n) is 11.6. The third-order valence-electron chi connectivity index (χ3n) is 8.19. The van der Waals surface area contributed by atoms with Crippen LogP contribution in [0.2, 0.25) is 0 Å². The molecule has 1 aromatic carbocycles. The van der Waals surface area contributed by atoms with E-state index in [0.717, 1.165) is 6.54 Å². The van der Waals surface area contributed by atoms with E-state index in [0.29, 0.717) is 5.92 Å². The highest BCUT2D eigenvalue weighted by molar-refractivity contribution is 5.13. The van der Waals surface area contributed by atoms with E-state index in [-0.39, 0.29) is 0 Å². The molecule has 0 radical (unpaired) electrons. The van der Waals surface area contributed by atoms with Crippen molar-refractivity contribution in [2.45, 2.75) is 168 Å². The Morgan fingerprint density at radius 2 is 1.00 bits per heavy atom. The van der Waals surface area contributed by atoms with Crippen LogP contribution in [0.1, 0.15) is 172 Å². The molecule has 0 amide bonds. The van der Waals surface area contributed by atoms with E-state index >= 15 is 0 Å². The zero-order chi connectivity index (χ0) is 26.2. The van der Waals surface area contributed by atoms with Crippen LogP contribution in [0, 0.1) is 0 Å². The molecule has 0 saturated carbocycles. The molecule has 2 nitrogen and oxygen atoms in total. The van der Waals surface area contributed by atoms with Crippen molar-refractivity contribution in [3.8, 4) is 0 Å². The van der Waals surface area contributed by atoms with Gasteiger partial charge in [-0.25, -0.2) is 9.55 Å². The van der Waals surface area contributed by atoms with E-state index in [1.807, 2.05) is 0 Å². The van der Waals surface area contributed by atoms with Gasteiger partial charge in [-0.1, -0.05) is 173 Å². The quantitative estimate of drug-likeness (QED) is 0.101. The molecule has 0 saturated heterocycles. The normalized spacial score (nSPS) is 12.3. The third-order valence-corrected chi connectivity index (χ3v) is 8.19. The topological polar surface area (TPSA) is 19.7 Å². The SMILES string of the molecule is CCCCCCCCCCCCCCCCCC[C@H](CCCCCC)c1[nH]cc[n+]1Cc1ccccc1. The van der Waals surface area contributed by atoms with Gasteiger partial charge in [0.05, 0.1) is 5.92 Å². The predicted octanol–water partition coefficient (Wildman–Crippen LogP) is 11.1. The summed E-state index contributed by atoms with van der Waals surface area (Å²) in [5.74, 6) is 2.11. The molecule has 37 heavy (non-hydrogen) atoms. The Morgan fingerprint density at radius 1 is 0.568 bits per heavy atom. The molecular formula is C35H61N2+. The van der Waals surface area contributed by atoms with Gasteiger partial charge in [-0.05, 0) is 18.4 Å². The van der Waals surface area contributed by atoms with Crippen molar-refractivity contribution < 1.29 is 4.57 Å². The van der Waals surface area contributed by atoms with Crippen LogP contribution in [0.25, 0.3) is 0 Å². The molecule has 0 aliphatic heterocycles. The lowest BCUT2D eigenvalue weighted by atomic mass is 9.93. The van der Waals surface area contributed by atoms with Gasteiger partial charge in [0.2, 0.25) is 0 Å². The first-order valence-corrected chi connectivity index (χ1v) is 16.5. The van der Waals surface area contributed by atoms with Crippen molar-refractivity contribution in [2.24, 2.45) is 0 Å². The summed E-state index contributed by atoms with van der Waals surface area (Å²) in [5.41, 5.74) is 1.39. The molecule has 0 fully saturated rings. The number of benzene rings is 1. The standard InChI is InChI=1S/C35H60N2/c1-3-5-7-9-10-11-12-13-14-15-16-17-18-19-20-25-29-34(28-24-8-6-4-2)35-36-30-31-37(35)32-33-26-22-21-23-27-33/h21-23,26-27,30-31,34H,3-20,24-25,28-29,32H2,1-2H3/p+1/t34-/m0/s1. The van der Waals surface area contributed by atoms with Crippen LogP contribution < -0.4 is 4.57 Å². The Bertz CT molecular complexity index is 735. The lowest BCUT2D eigenvalue weighted by molar-refractivity contribution is -0.695. The van der Waals surface area contributed by atoms with Gasteiger partial charge in [0, 0.05) is 0 Å². The second-order valence-corrected chi connectivity index (χ2v) is 11.6. The minimum atomic E-state index is 0.669. The first-order valence-electron chi connectivity index (χ1n) is 16.5. The van der Waals surface area contributed by atoms with Gasteiger partial charge in [-0.2, -0.15) is 0 Å². The second kappa shape index (κ2) is 22.4. The number of H-pyrrole nitrogens is 1. The van der Waals surface area contributed by atoms with Crippen LogP contribution in [0.4, 0.5) is 0 Å². The summed E-state index contributed by atoms with van der Waals surface area (Å²) in [6, 6.07) is 10.9. The number of imidazole rings is 1. The summed E-state index contributed by atoms with van der Waals surface area (Å²) in [5, 5.41) is 0. The maximum Gasteiger partial charge on any atom is 0.257 e. The number of aromatic nitrogens is 2. The fourth-order valence-electron chi connectivity index (χ4n) is 5.82. The molecule has 0 bridgehead atoms. The molecule has 1 aromatic heterocycles. The summed E-state index contributed by atoms with van der Waals surface area (Å²) >= 11 is 0. The predicted molar refractivity (Wildman–Crippen MR) is 162 cm³/mol. The highest BCUT2D eigenvalue weighted by Crippen LogP contribution is 2.26. The van der Waals surface area contributed by atoms with Gasteiger partial charge >= 0.3 is 0 Å². The van der Waals surface area contributed by atoms with Gasteiger partial charge in [0.15, 0.2) is 0 Å². The Balaban J connectivity index is 1.58. The molecule has 2 aromatic rings. The number of aromatic amines is 1. The number of nitrogens with zero attached hydrogens (tertiary/aromatic N) is 1. The van der Waals surface area contributed by atoms with E-state index in [4.69, 9.17) is 0 Å². The summed E-state index contributed by atoms with van der Waals surface area (Å²) in [7, 11) is 0. The number of unbranched alkanes of at least 4 members (excludes halogenated alkanes) is 18. The zero-order valence-electron chi connectivity index (χ0n) is 24.8. The van der Waals surface area contributed by atoms with Crippen LogP contribution in [0.5, 0.6) is 0 Å². The van der Waals surface area contributed by atoms with E-state index < -0.39 is 0 Å². The first-order chi connectivity index (χ1) is 18.3. The number of hydrogen-bond acceptors (Lipinski definition) is 0. The Kier molecular flexibility index (Phi) is 19.2. The van der Waals surface area contributed by atoms with Crippen molar-refractivity contribution >= 4 is 0 Å². The van der Waals surface area contributed by atoms with Crippen LogP contribution in [-0.4, -0.2) is 4.98 Å². The van der Waals surface area contributed by atoms with E-state index in [2.05, 4.69) is 66.1 Å². The van der Waals surface area contributed by atoms with Crippen LogP contribution in [0.15, 0.2) is 42.7 Å². The molecule has 1 heterocycles. The minimum absolute atomic E-state index is 0.669. The zero-order valence-corrected chi connectivity index (χ0v) is 24.8. The molecule has 2 rings (SSSR count). The van der Waals surface area contributed by atoms with Crippen LogP contribution >= 0.6 is 0 Å². The van der Waals surface area contributed by atoms with Crippen molar-refractivity contribution in [3.05, 3.63) is 54.1 Å². The molecule has 1 atom stereocenters. The Morgan fingerprint density at radius 3 is 1.49 bits per heavy atom. The lowest BCUT2D eigenvalue weighted by Gasteiger charge is -2.14. The van der Waals surface area contributed by atoms with E-state index in [1.165, 1.54) is 153 Å². The average molecular weight is 510 g/mol. The van der Waals surface area contributed by atoms with Crippen LogP contribution in [-0.2, 0) is 6.54 Å². The van der Waals surface area contributed by atoms with Crippen molar-refractivity contribution in [1.82, 2.24) is 4.98 Å². The number of hydrogen-bond donors (Lipinski definition) is 1. The molecular weight excluding hydrogens is 448 g/mol. The Labute approximate surface area is 231 Å². The highest BCUT2D eigenvalue weighted by atomic mass is 15.1. The summed E-state index contributed by atoms with van der Waals surface area (Å²) in [6.07, 6.45) is 35.6. The highest BCUT2D eigenvalue weighted by Gasteiger charge is 2.22. The molecule has 0 aliphatic rings. The summed E-state index contributed by atoms with van der Waals surface area (Å²) in [4.78, 5) is 3.63. The largest absolute Gasteiger partial charge is 0.257 e. The molecule has 0 unspecified atom stereocenters. The fraction of sp³-hybridized carbons (Fsp3) is 0.743. The number of rotatable bonds is 25. The molecule has 2 heteroatoms. The van der Waals surface area contributed by atoms with Crippen molar-refractivity contribution in [2.75, 3.05) is 0 Å². The summed E-state index contributed by atoms with van der Waals surface area (Å²) in [6.45, 7) is 5.59. The maximum absolute atomic E-state index is 3.63. The van der Waals surface area contributed by atoms with Gasteiger partial charge < -0.3 is 0 Å². The maximum atomic E-state index is 3.63. The smallest absolute Gasteiger partial charge is 0.247 e. The van der Waals surface area contributed by atoms with Crippen molar-refractivity contribution in [3.63, 3.8) is 0 Å². The average Bonchev–Trinajstić information content (AvgIpc) is 3.38. The van der Waals surface area contributed by atoms with E-state index in [1.54, 1.807) is 0 Å². The first kappa shape index (κ1) is 31.6. The summed E-state index contributed by atoms with van der Waals surface area (Å²) < 4.78 is 2.46. The van der Waals surface area contributed by atoms with Gasteiger partial charge in [0.1, 0.15) is 18.9 Å².